The van der Waals surface area contributed by atoms with Crippen molar-refractivity contribution < 1.29 is 18.4 Å². The number of methoxy groups -OCH3 is 1. The lowest BCUT2D eigenvalue weighted by molar-refractivity contribution is -0.145. The van der Waals surface area contributed by atoms with Gasteiger partial charge in [0, 0.05) is 6.10 Å². The van der Waals surface area contributed by atoms with Crippen molar-refractivity contribution in [3.8, 4) is 0 Å². The van der Waals surface area contributed by atoms with Crippen LogP contribution in [0.1, 0.15) is 91.9 Å². The summed E-state index contributed by atoms with van der Waals surface area (Å²) in [4.78, 5) is 11.9. The van der Waals surface area contributed by atoms with Gasteiger partial charge in [0.15, 0.2) is 8.32 Å². The first-order valence-corrected chi connectivity index (χ1v) is 23.2. The van der Waals surface area contributed by atoms with Gasteiger partial charge in [-0.3, -0.25) is 4.79 Å². The summed E-state index contributed by atoms with van der Waals surface area (Å²) >= 11 is 0. The molecular formula is C34H60O4Si2. The van der Waals surface area contributed by atoms with Crippen LogP contribution in [0.4, 0.5) is 0 Å². The molecular weight excluding hydrogens is 529 g/mol. The van der Waals surface area contributed by atoms with Crippen LogP contribution in [0.5, 0.6) is 0 Å². The Balaban J connectivity index is 1.60. The van der Waals surface area contributed by atoms with E-state index >= 15 is 0 Å². The molecule has 6 heteroatoms. The van der Waals surface area contributed by atoms with Crippen LogP contribution in [-0.4, -0.2) is 35.8 Å². The highest BCUT2D eigenvalue weighted by Crippen LogP contribution is 2.67. The van der Waals surface area contributed by atoms with E-state index < -0.39 is 16.6 Å². The zero-order valence-corrected chi connectivity index (χ0v) is 29.7. The van der Waals surface area contributed by atoms with E-state index in [0.29, 0.717) is 29.3 Å². The van der Waals surface area contributed by atoms with Crippen molar-refractivity contribution in [2.45, 2.75) is 137 Å². The molecule has 40 heavy (non-hydrogen) atoms. The van der Waals surface area contributed by atoms with Crippen molar-refractivity contribution in [3.05, 3.63) is 23.0 Å². The number of ether oxygens (including phenoxy) is 1. The Morgan fingerprint density at radius 1 is 0.950 bits per heavy atom. The number of esters is 1. The predicted molar refractivity (Wildman–Crippen MR) is 171 cm³/mol. The molecule has 0 aromatic carbocycles. The van der Waals surface area contributed by atoms with E-state index in [9.17, 15) is 4.79 Å². The Hall–Kier alpha value is -0.856. The van der Waals surface area contributed by atoms with Gasteiger partial charge in [0.2, 0.25) is 8.32 Å². The second-order valence-electron chi connectivity index (χ2n) is 16.4. The fourth-order valence-electron chi connectivity index (χ4n) is 9.28. The molecule has 0 amide bonds. The Kier molecular flexibility index (Phi) is 9.36. The average Bonchev–Trinajstić information content (AvgIpc) is 3.19. The normalized spacial score (nSPS) is 35.7. The van der Waals surface area contributed by atoms with Crippen molar-refractivity contribution >= 4 is 22.6 Å². The smallest absolute Gasteiger partial charge is 0.308 e. The van der Waals surface area contributed by atoms with Gasteiger partial charge in [0.25, 0.3) is 0 Å². The second kappa shape index (κ2) is 11.7. The molecule has 228 valence electrons. The van der Waals surface area contributed by atoms with E-state index in [1.165, 1.54) is 57.8 Å². The predicted octanol–water partition coefficient (Wildman–Crippen LogP) is 9.50. The van der Waals surface area contributed by atoms with Gasteiger partial charge < -0.3 is 13.6 Å². The van der Waals surface area contributed by atoms with Gasteiger partial charge in [-0.25, -0.2) is 0 Å². The molecule has 0 saturated heterocycles. The Labute approximate surface area is 248 Å². The summed E-state index contributed by atoms with van der Waals surface area (Å²) in [5.74, 6) is 3.86. The molecule has 7 unspecified atom stereocenters. The number of carbonyl (C=O) groups excluding carboxylic acids is 1. The molecule has 0 aromatic heterocycles. The van der Waals surface area contributed by atoms with Crippen LogP contribution in [0.3, 0.4) is 0 Å². The minimum Gasteiger partial charge on any atom is -0.544 e. The van der Waals surface area contributed by atoms with Gasteiger partial charge >= 0.3 is 5.97 Å². The second-order valence-corrected chi connectivity index (χ2v) is 25.3. The first kappa shape index (κ1) is 32.1. The van der Waals surface area contributed by atoms with Crippen molar-refractivity contribution in [2.24, 2.45) is 40.4 Å². The van der Waals surface area contributed by atoms with E-state index in [4.69, 9.17) is 13.6 Å². The Bertz CT molecular complexity index is 1000. The summed E-state index contributed by atoms with van der Waals surface area (Å²) in [5.41, 5.74) is 3.89. The van der Waals surface area contributed by atoms with E-state index in [1.807, 2.05) is 6.92 Å². The van der Waals surface area contributed by atoms with Crippen LogP contribution < -0.4 is 0 Å². The molecule has 0 N–H and O–H groups in total. The first-order valence-electron chi connectivity index (χ1n) is 16.4. The van der Waals surface area contributed by atoms with Crippen LogP contribution in [-0.2, 0) is 18.4 Å². The van der Waals surface area contributed by atoms with E-state index in [0.717, 1.165) is 25.2 Å². The molecule has 3 saturated carbocycles. The fourth-order valence-corrected chi connectivity index (χ4v) is 11.3. The van der Waals surface area contributed by atoms with Crippen molar-refractivity contribution in [2.75, 3.05) is 7.11 Å². The summed E-state index contributed by atoms with van der Waals surface area (Å²) in [6.07, 6.45) is 14.9. The monoisotopic (exact) mass is 588 g/mol. The average molecular weight is 589 g/mol. The maximum absolute atomic E-state index is 11.9. The lowest BCUT2D eigenvalue weighted by Crippen LogP contribution is -2.48. The van der Waals surface area contributed by atoms with Gasteiger partial charge in [-0.2, -0.15) is 0 Å². The van der Waals surface area contributed by atoms with E-state index in [2.05, 4.69) is 66.1 Å². The maximum atomic E-state index is 11.9. The molecule has 3 fully saturated rings. The zero-order chi connectivity index (χ0) is 29.7. The summed E-state index contributed by atoms with van der Waals surface area (Å²) < 4.78 is 18.6. The molecule has 4 nitrogen and oxygen atoms in total. The number of carbonyl (C=O) groups is 1. The lowest BCUT2D eigenvalue weighted by atomic mass is 9.49. The molecule has 0 aromatic rings. The van der Waals surface area contributed by atoms with Crippen LogP contribution in [0.25, 0.3) is 0 Å². The number of hydrogen-bond acceptors (Lipinski definition) is 4. The topological polar surface area (TPSA) is 44.8 Å². The highest BCUT2D eigenvalue weighted by Gasteiger charge is 2.58. The molecule has 4 aliphatic rings. The lowest BCUT2D eigenvalue weighted by Gasteiger charge is -2.56. The summed E-state index contributed by atoms with van der Waals surface area (Å²) in [5, 5.41) is 0. The van der Waals surface area contributed by atoms with Crippen LogP contribution in [0.15, 0.2) is 23.0 Å². The molecule has 0 bridgehead atoms. The Morgan fingerprint density at radius 3 is 2.27 bits per heavy atom. The molecule has 8 atom stereocenters. The van der Waals surface area contributed by atoms with Gasteiger partial charge in [-0.15, -0.1) is 0 Å². The van der Waals surface area contributed by atoms with Gasteiger partial charge in [0.1, 0.15) is 5.76 Å². The first-order chi connectivity index (χ1) is 18.5. The minimum absolute atomic E-state index is 0.00109. The number of rotatable bonds is 10. The van der Waals surface area contributed by atoms with E-state index in [1.54, 1.807) is 11.1 Å². The number of allylic oxidation sites excluding steroid dienone is 2. The maximum Gasteiger partial charge on any atom is 0.308 e. The van der Waals surface area contributed by atoms with Crippen molar-refractivity contribution in [3.63, 3.8) is 0 Å². The van der Waals surface area contributed by atoms with Crippen molar-refractivity contribution in [1.82, 2.24) is 0 Å². The largest absolute Gasteiger partial charge is 0.544 e. The summed E-state index contributed by atoms with van der Waals surface area (Å²) in [7, 11) is -1.84. The summed E-state index contributed by atoms with van der Waals surface area (Å²) in [6, 6.07) is 0. The zero-order valence-electron chi connectivity index (χ0n) is 27.7. The number of fused-ring (bicyclic) bond motifs is 5. The summed E-state index contributed by atoms with van der Waals surface area (Å²) in [6.45, 7) is 23.7. The van der Waals surface area contributed by atoms with Gasteiger partial charge in [-0.05, 0) is 137 Å². The van der Waals surface area contributed by atoms with Crippen LogP contribution in [0.2, 0.25) is 39.3 Å². The number of hydrogen-bond donors (Lipinski definition) is 0. The van der Waals surface area contributed by atoms with Crippen LogP contribution in [0, 0.1) is 40.4 Å². The third-order valence-electron chi connectivity index (χ3n) is 11.2. The SMILES string of the molecule is COC(=O)C(C)CCCC(C)C1CCC2C3=C(O[Si](C)(C)C)C=C4C[C@@H](O[Si](C)(C)C)CCC4(C)C3CCC21C. The third-order valence-corrected chi connectivity index (χ3v) is 13.1. The van der Waals surface area contributed by atoms with Gasteiger partial charge in [0.05, 0.1) is 13.0 Å². The molecule has 0 heterocycles. The molecule has 0 radical (unpaired) electrons. The highest BCUT2D eigenvalue weighted by molar-refractivity contribution is 6.70. The molecule has 4 aliphatic carbocycles. The quantitative estimate of drug-likeness (QED) is 0.188. The minimum atomic E-state index is -1.77. The van der Waals surface area contributed by atoms with Crippen LogP contribution >= 0.6 is 0 Å². The molecule has 0 spiro atoms. The van der Waals surface area contributed by atoms with E-state index in [-0.39, 0.29) is 17.3 Å². The Morgan fingerprint density at radius 2 is 1.65 bits per heavy atom. The third kappa shape index (κ3) is 6.54. The van der Waals surface area contributed by atoms with Gasteiger partial charge in [-0.1, -0.05) is 46.1 Å². The van der Waals surface area contributed by atoms with Crippen molar-refractivity contribution in [1.29, 1.82) is 0 Å². The standard InChI is InChI=1S/C34H60O4Si2/c1-23(13-12-14-24(2)32(35)36-5)27-15-16-28-31-29(18-20-34(27,28)4)33(3)19-17-26(37-39(6,7)8)21-25(33)22-30(31)38-40(9,10)11/h22-24,26-29H,12-21H2,1-11H3/t23?,24?,26-,27?,28?,29?,33?,34?/m0/s1. The fraction of sp³-hybridized carbons (Fsp3) is 0.853. The molecule has 4 rings (SSSR count). The molecule has 0 aliphatic heterocycles. The highest BCUT2D eigenvalue weighted by atomic mass is 28.4.